The highest BCUT2D eigenvalue weighted by Crippen LogP contribution is 2.16. The SMILES string of the molecule is Fc1ccccc1CON=Cc1ccc(N2CCOCC2)cc1. The molecule has 0 N–H and O–H groups in total. The topological polar surface area (TPSA) is 34.1 Å². The van der Waals surface area contributed by atoms with Crippen molar-refractivity contribution in [3.05, 3.63) is 65.5 Å². The number of oxime groups is 1. The van der Waals surface area contributed by atoms with Gasteiger partial charge in [-0.15, -0.1) is 0 Å². The van der Waals surface area contributed by atoms with Crippen molar-refractivity contribution < 1.29 is 14.0 Å². The molecule has 5 heteroatoms. The number of ether oxygens (including phenoxy) is 1. The van der Waals surface area contributed by atoms with Crippen LogP contribution < -0.4 is 4.90 Å². The Labute approximate surface area is 135 Å². The van der Waals surface area contributed by atoms with Crippen LogP contribution in [-0.2, 0) is 16.2 Å². The van der Waals surface area contributed by atoms with E-state index >= 15 is 0 Å². The third kappa shape index (κ3) is 4.29. The Balaban J connectivity index is 1.52. The maximum Gasteiger partial charge on any atom is 0.145 e. The summed E-state index contributed by atoms with van der Waals surface area (Å²) in [5.74, 6) is -0.280. The van der Waals surface area contributed by atoms with Crippen LogP contribution in [0.15, 0.2) is 53.7 Å². The minimum absolute atomic E-state index is 0.120. The predicted molar refractivity (Wildman–Crippen MR) is 88.3 cm³/mol. The molecule has 1 aliphatic heterocycles. The van der Waals surface area contributed by atoms with Crippen LogP contribution in [0.3, 0.4) is 0 Å². The molecule has 0 amide bonds. The molecule has 1 aliphatic rings. The van der Waals surface area contributed by atoms with E-state index in [4.69, 9.17) is 9.57 Å². The Kier molecular flexibility index (Phi) is 5.21. The van der Waals surface area contributed by atoms with E-state index < -0.39 is 0 Å². The maximum absolute atomic E-state index is 13.4. The predicted octanol–water partition coefficient (Wildman–Crippen LogP) is 3.21. The quantitative estimate of drug-likeness (QED) is 0.628. The Morgan fingerprint density at radius 3 is 2.57 bits per heavy atom. The van der Waals surface area contributed by atoms with Gasteiger partial charge in [0.25, 0.3) is 0 Å². The molecular weight excluding hydrogens is 295 g/mol. The fraction of sp³-hybridized carbons (Fsp3) is 0.278. The summed E-state index contributed by atoms with van der Waals surface area (Å²) in [7, 11) is 0. The first-order valence-electron chi connectivity index (χ1n) is 7.64. The van der Waals surface area contributed by atoms with Crippen LogP contribution in [0.4, 0.5) is 10.1 Å². The lowest BCUT2D eigenvalue weighted by Gasteiger charge is -2.28. The second-order valence-electron chi connectivity index (χ2n) is 5.29. The smallest absolute Gasteiger partial charge is 0.145 e. The zero-order chi connectivity index (χ0) is 15.9. The minimum atomic E-state index is -0.280. The van der Waals surface area contributed by atoms with Crippen molar-refractivity contribution in [2.75, 3.05) is 31.2 Å². The standard InChI is InChI=1S/C18H19FN2O2/c19-18-4-2-1-3-16(18)14-23-20-13-15-5-7-17(8-6-15)21-9-11-22-12-10-21/h1-8,13H,9-12,14H2. The lowest BCUT2D eigenvalue weighted by Crippen LogP contribution is -2.36. The first-order valence-corrected chi connectivity index (χ1v) is 7.64. The number of benzene rings is 2. The molecule has 0 radical (unpaired) electrons. The number of halogens is 1. The first kappa shape index (κ1) is 15.5. The van der Waals surface area contributed by atoms with E-state index in [1.54, 1.807) is 24.4 Å². The molecule has 2 aromatic carbocycles. The van der Waals surface area contributed by atoms with Gasteiger partial charge in [0.05, 0.1) is 19.4 Å². The fourth-order valence-electron chi connectivity index (χ4n) is 2.41. The van der Waals surface area contributed by atoms with E-state index in [9.17, 15) is 4.39 Å². The highest BCUT2D eigenvalue weighted by molar-refractivity contribution is 5.79. The van der Waals surface area contributed by atoms with Crippen LogP contribution in [0.25, 0.3) is 0 Å². The summed E-state index contributed by atoms with van der Waals surface area (Å²) < 4.78 is 18.8. The molecule has 4 nitrogen and oxygen atoms in total. The summed E-state index contributed by atoms with van der Waals surface area (Å²) in [6, 6.07) is 14.6. The Bertz CT molecular complexity index is 652. The molecule has 2 aromatic rings. The highest BCUT2D eigenvalue weighted by Gasteiger charge is 2.10. The van der Waals surface area contributed by atoms with Gasteiger partial charge in [-0.05, 0) is 23.8 Å². The molecule has 1 heterocycles. The zero-order valence-corrected chi connectivity index (χ0v) is 12.8. The second-order valence-corrected chi connectivity index (χ2v) is 5.29. The van der Waals surface area contributed by atoms with Gasteiger partial charge in [-0.2, -0.15) is 0 Å². The van der Waals surface area contributed by atoms with Gasteiger partial charge >= 0.3 is 0 Å². The van der Waals surface area contributed by atoms with Crippen molar-refractivity contribution in [2.24, 2.45) is 5.16 Å². The molecule has 0 aliphatic carbocycles. The molecule has 0 atom stereocenters. The van der Waals surface area contributed by atoms with Crippen LogP contribution in [0.2, 0.25) is 0 Å². The van der Waals surface area contributed by atoms with Gasteiger partial charge in [-0.3, -0.25) is 0 Å². The lowest BCUT2D eigenvalue weighted by atomic mass is 10.2. The van der Waals surface area contributed by atoms with Crippen LogP contribution in [-0.4, -0.2) is 32.5 Å². The van der Waals surface area contributed by atoms with Crippen LogP contribution >= 0.6 is 0 Å². The van der Waals surface area contributed by atoms with Crippen molar-refractivity contribution >= 4 is 11.9 Å². The number of rotatable bonds is 5. The molecule has 0 bridgehead atoms. The Hall–Kier alpha value is -2.40. The minimum Gasteiger partial charge on any atom is -0.391 e. The molecular formula is C18H19FN2O2. The number of morpholine rings is 1. The average molecular weight is 314 g/mol. The van der Waals surface area contributed by atoms with Gasteiger partial charge in [-0.1, -0.05) is 35.5 Å². The largest absolute Gasteiger partial charge is 0.391 e. The summed E-state index contributed by atoms with van der Waals surface area (Å²) in [5, 5.41) is 3.89. The van der Waals surface area contributed by atoms with Gasteiger partial charge in [0, 0.05) is 24.3 Å². The van der Waals surface area contributed by atoms with Crippen molar-refractivity contribution in [3.8, 4) is 0 Å². The summed E-state index contributed by atoms with van der Waals surface area (Å²) >= 11 is 0. The number of nitrogens with zero attached hydrogens (tertiary/aromatic N) is 2. The van der Waals surface area contributed by atoms with Crippen LogP contribution in [0.5, 0.6) is 0 Å². The maximum atomic E-state index is 13.4. The van der Waals surface area contributed by atoms with E-state index in [0.717, 1.165) is 31.9 Å². The molecule has 3 rings (SSSR count). The monoisotopic (exact) mass is 314 g/mol. The highest BCUT2D eigenvalue weighted by atomic mass is 19.1. The van der Waals surface area contributed by atoms with Crippen molar-refractivity contribution in [2.45, 2.75) is 6.61 Å². The summed E-state index contributed by atoms with van der Waals surface area (Å²) in [6.45, 7) is 3.49. The van der Waals surface area contributed by atoms with Crippen LogP contribution in [0.1, 0.15) is 11.1 Å². The third-order valence-electron chi connectivity index (χ3n) is 3.72. The summed E-state index contributed by atoms with van der Waals surface area (Å²) in [6.07, 6.45) is 1.63. The van der Waals surface area contributed by atoms with Crippen molar-refractivity contribution in [1.82, 2.24) is 0 Å². The van der Waals surface area contributed by atoms with Gasteiger partial charge < -0.3 is 14.5 Å². The normalized spacial score (nSPS) is 15.1. The first-order chi connectivity index (χ1) is 11.3. The van der Waals surface area contributed by atoms with Crippen LogP contribution in [0, 0.1) is 5.82 Å². The third-order valence-corrected chi connectivity index (χ3v) is 3.72. The number of anilines is 1. The Morgan fingerprint density at radius 2 is 1.83 bits per heavy atom. The zero-order valence-electron chi connectivity index (χ0n) is 12.8. The molecule has 23 heavy (non-hydrogen) atoms. The molecule has 0 unspecified atom stereocenters. The summed E-state index contributed by atoms with van der Waals surface area (Å²) in [5.41, 5.74) is 2.61. The van der Waals surface area contributed by atoms with E-state index in [2.05, 4.69) is 22.2 Å². The van der Waals surface area contributed by atoms with Gasteiger partial charge in [0.2, 0.25) is 0 Å². The van der Waals surface area contributed by atoms with Crippen molar-refractivity contribution in [3.63, 3.8) is 0 Å². The number of hydrogen-bond donors (Lipinski definition) is 0. The van der Waals surface area contributed by atoms with Gasteiger partial charge in [0.1, 0.15) is 12.4 Å². The van der Waals surface area contributed by atoms with Gasteiger partial charge in [-0.25, -0.2) is 4.39 Å². The molecule has 1 fully saturated rings. The Morgan fingerprint density at radius 1 is 1.09 bits per heavy atom. The fourth-order valence-corrected chi connectivity index (χ4v) is 2.41. The number of hydrogen-bond acceptors (Lipinski definition) is 4. The molecule has 0 aromatic heterocycles. The molecule has 120 valence electrons. The van der Waals surface area contributed by atoms with Crippen molar-refractivity contribution in [1.29, 1.82) is 0 Å². The van der Waals surface area contributed by atoms with Gasteiger partial charge in [0.15, 0.2) is 0 Å². The molecule has 0 saturated carbocycles. The average Bonchev–Trinajstić information content (AvgIpc) is 2.61. The van der Waals surface area contributed by atoms with E-state index in [0.29, 0.717) is 5.56 Å². The lowest BCUT2D eigenvalue weighted by molar-refractivity contribution is 0.122. The van der Waals surface area contributed by atoms with E-state index in [1.165, 1.54) is 11.8 Å². The summed E-state index contributed by atoms with van der Waals surface area (Å²) in [4.78, 5) is 7.44. The second kappa shape index (κ2) is 7.74. The van der Waals surface area contributed by atoms with E-state index in [-0.39, 0.29) is 12.4 Å². The molecule has 1 saturated heterocycles. The molecule has 0 spiro atoms. The van der Waals surface area contributed by atoms with E-state index in [1.807, 2.05) is 12.1 Å².